The van der Waals surface area contributed by atoms with E-state index in [1.54, 1.807) is 0 Å². The predicted molar refractivity (Wildman–Crippen MR) is 125 cm³/mol. The molecule has 6 heteroatoms. The Morgan fingerprint density at radius 1 is 1.19 bits per heavy atom. The van der Waals surface area contributed by atoms with E-state index in [4.69, 9.17) is 0 Å². The van der Waals surface area contributed by atoms with E-state index in [1.165, 1.54) is 16.8 Å². The highest BCUT2D eigenvalue weighted by Gasteiger charge is 2.14. The second-order valence-electron chi connectivity index (χ2n) is 7.12. The predicted octanol–water partition coefficient (Wildman–Crippen LogP) is 3.94. The normalized spacial score (nSPS) is 13.6. The standard InChI is InChI=1S/C21H33N5.HI/c1-15(19-10-8-7-9-11-19)12-13-23-21(22-5)24-16(2)14-20-17(3)25-26(6)18(20)4;/h7-11,15-16H,12-14H2,1-6H3,(H2,22,23,24);1H. The Hall–Kier alpha value is -1.57. The van der Waals surface area contributed by atoms with Crippen LogP contribution in [-0.4, -0.2) is 35.4 Å². The van der Waals surface area contributed by atoms with Crippen molar-refractivity contribution in [2.24, 2.45) is 12.0 Å². The van der Waals surface area contributed by atoms with Gasteiger partial charge in [-0.15, -0.1) is 24.0 Å². The number of hydrogen-bond donors (Lipinski definition) is 2. The van der Waals surface area contributed by atoms with Crippen molar-refractivity contribution >= 4 is 29.9 Å². The van der Waals surface area contributed by atoms with E-state index in [-0.39, 0.29) is 30.0 Å². The van der Waals surface area contributed by atoms with Crippen molar-refractivity contribution in [1.82, 2.24) is 20.4 Å². The molecule has 0 saturated heterocycles. The zero-order valence-corrected chi connectivity index (χ0v) is 19.7. The van der Waals surface area contributed by atoms with E-state index in [9.17, 15) is 0 Å². The van der Waals surface area contributed by atoms with Crippen LogP contribution in [0.3, 0.4) is 0 Å². The summed E-state index contributed by atoms with van der Waals surface area (Å²) < 4.78 is 1.95. The van der Waals surface area contributed by atoms with E-state index in [2.05, 4.69) is 78.8 Å². The molecule has 1 heterocycles. The van der Waals surface area contributed by atoms with Crippen molar-refractivity contribution < 1.29 is 0 Å². The van der Waals surface area contributed by atoms with E-state index < -0.39 is 0 Å². The zero-order chi connectivity index (χ0) is 19.1. The number of halogens is 1. The van der Waals surface area contributed by atoms with Gasteiger partial charge < -0.3 is 10.6 Å². The van der Waals surface area contributed by atoms with Gasteiger partial charge in [0.05, 0.1) is 5.69 Å². The molecule has 2 N–H and O–H groups in total. The molecule has 27 heavy (non-hydrogen) atoms. The smallest absolute Gasteiger partial charge is 0.191 e. The highest BCUT2D eigenvalue weighted by Crippen LogP contribution is 2.17. The molecule has 0 amide bonds. The van der Waals surface area contributed by atoms with Crippen molar-refractivity contribution in [2.45, 2.75) is 52.5 Å². The summed E-state index contributed by atoms with van der Waals surface area (Å²) in [6, 6.07) is 10.9. The highest BCUT2D eigenvalue weighted by atomic mass is 127. The van der Waals surface area contributed by atoms with E-state index in [0.29, 0.717) is 5.92 Å². The van der Waals surface area contributed by atoms with Crippen LogP contribution in [0.1, 0.15) is 48.7 Å². The number of aryl methyl sites for hydroxylation is 2. The molecule has 0 aliphatic carbocycles. The SMILES string of the molecule is CN=C(NCCC(C)c1ccccc1)NC(C)Cc1c(C)nn(C)c1C.I. The second-order valence-corrected chi connectivity index (χ2v) is 7.12. The van der Waals surface area contributed by atoms with E-state index in [0.717, 1.165) is 31.0 Å². The molecule has 1 aromatic carbocycles. The maximum absolute atomic E-state index is 4.50. The first-order chi connectivity index (χ1) is 12.4. The van der Waals surface area contributed by atoms with Gasteiger partial charge in [-0.05, 0) is 50.7 Å². The Kier molecular flexibility index (Phi) is 9.83. The lowest BCUT2D eigenvalue weighted by Gasteiger charge is -2.19. The van der Waals surface area contributed by atoms with E-state index in [1.807, 2.05) is 18.8 Å². The Balaban J connectivity index is 0.00000364. The summed E-state index contributed by atoms with van der Waals surface area (Å²) in [5.74, 6) is 1.39. The summed E-state index contributed by atoms with van der Waals surface area (Å²) in [6.07, 6.45) is 2.01. The lowest BCUT2D eigenvalue weighted by molar-refractivity contribution is 0.615. The molecule has 2 aromatic rings. The number of hydrogen-bond acceptors (Lipinski definition) is 2. The van der Waals surface area contributed by atoms with Crippen molar-refractivity contribution in [3.05, 3.63) is 52.8 Å². The van der Waals surface area contributed by atoms with Crippen molar-refractivity contribution in [3.8, 4) is 0 Å². The molecule has 2 rings (SSSR count). The topological polar surface area (TPSA) is 54.2 Å². The fourth-order valence-corrected chi connectivity index (χ4v) is 3.25. The minimum Gasteiger partial charge on any atom is -0.356 e. The maximum Gasteiger partial charge on any atom is 0.191 e. The van der Waals surface area contributed by atoms with Crippen molar-refractivity contribution in [2.75, 3.05) is 13.6 Å². The van der Waals surface area contributed by atoms with Crippen LogP contribution in [0.4, 0.5) is 0 Å². The molecule has 0 spiro atoms. The van der Waals surface area contributed by atoms with Gasteiger partial charge in [-0.25, -0.2) is 0 Å². The largest absolute Gasteiger partial charge is 0.356 e. The first-order valence-electron chi connectivity index (χ1n) is 9.43. The lowest BCUT2D eigenvalue weighted by atomic mass is 9.98. The van der Waals surface area contributed by atoms with Crippen LogP contribution in [0.15, 0.2) is 35.3 Å². The first-order valence-corrected chi connectivity index (χ1v) is 9.43. The molecule has 5 nitrogen and oxygen atoms in total. The molecular formula is C21H34IN5. The molecule has 0 radical (unpaired) electrons. The average molecular weight is 483 g/mol. The Morgan fingerprint density at radius 3 is 2.41 bits per heavy atom. The van der Waals surface area contributed by atoms with Gasteiger partial charge in [0, 0.05) is 32.4 Å². The van der Waals surface area contributed by atoms with Gasteiger partial charge in [0.25, 0.3) is 0 Å². The highest BCUT2D eigenvalue weighted by molar-refractivity contribution is 14.0. The maximum atomic E-state index is 4.50. The Morgan fingerprint density at radius 2 is 1.85 bits per heavy atom. The zero-order valence-electron chi connectivity index (χ0n) is 17.4. The van der Waals surface area contributed by atoms with Gasteiger partial charge in [-0.3, -0.25) is 9.67 Å². The van der Waals surface area contributed by atoms with Gasteiger partial charge in [0.2, 0.25) is 0 Å². The van der Waals surface area contributed by atoms with Crippen LogP contribution >= 0.6 is 24.0 Å². The van der Waals surface area contributed by atoms with Crippen LogP contribution in [0.25, 0.3) is 0 Å². The molecular weight excluding hydrogens is 449 g/mol. The molecule has 0 saturated carbocycles. The summed E-state index contributed by atoms with van der Waals surface area (Å²) in [7, 11) is 3.82. The quantitative estimate of drug-likeness (QED) is 0.357. The summed E-state index contributed by atoms with van der Waals surface area (Å²) in [4.78, 5) is 4.36. The fourth-order valence-electron chi connectivity index (χ4n) is 3.25. The third kappa shape index (κ3) is 6.83. The molecule has 0 fully saturated rings. The van der Waals surface area contributed by atoms with Crippen LogP contribution < -0.4 is 10.6 Å². The molecule has 0 bridgehead atoms. The number of rotatable bonds is 7. The van der Waals surface area contributed by atoms with Crippen molar-refractivity contribution in [3.63, 3.8) is 0 Å². The minimum absolute atomic E-state index is 0. The summed E-state index contributed by atoms with van der Waals surface area (Å²) in [5, 5.41) is 11.4. The number of aliphatic imine (C=N–C) groups is 1. The first kappa shape index (κ1) is 23.5. The second kappa shape index (κ2) is 11.3. The fraction of sp³-hybridized carbons (Fsp3) is 0.524. The lowest BCUT2D eigenvalue weighted by Crippen LogP contribution is -2.43. The molecule has 2 unspecified atom stereocenters. The van der Waals surface area contributed by atoms with Crippen LogP contribution in [0, 0.1) is 13.8 Å². The number of benzene rings is 1. The van der Waals surface area contributed by atoms with E-state index >= 15 is 0 Å². The summed E-state index contributed by atoms with van der Waals surface area (Å²) in [6.45, 7) is 9.55. The number of nitrogens with one attached hydrogen (secondary N) is 2. The van der Waals surface area contributed by atoms with Crippen LogP contribution in [0.5, 0.6) is 0 Å². The number of nitrogens with zero attached hydrogens (tertiary/aromatic N) is 3. The Bertz CT molecular complexity index is 724. The third-order valence-corrected chi connectivity index (χ3v) is 5.01. The summed E-state index contributed by atoms with van der Waals surface area (Å²) in [5.41, 5.74) is 5.04. The van der Waals surface area contributed by atoms with Gasteiger partial charge in [0.15, 0.2) is 5.96 Å². The Labute approximate surface area is 181 Å². The van der Waals surface area contributed by atoms with Gasteiger partial charge in [-0.2, -0.15) is 5.10 Å². The van der Waals surface area contributed by atoms with Gasteiger partial charge >= 0.3 is 0 Å². The number of aromatic nitrogens is 2. The molecule has 150 valence electrons. The van der Waals surface area contributed by atoms with Crippen molar-refractivity contribution in [1.29, 1.82) is 0 Å². The molecule has 0 aliphatic rings. The average Bonchev–Trinajstić information content (AvgIpc) is 2.87. The van der Waals surface area contributed by atoms with Gasteiger partial charge in [0.1, 0.15) is 0 Å². The third-order valence-electron chi connectivity index (χ3n) is 5.01. The summed E-state index contributed by atoms with van der Waals surface area (Å²) >= 11 is 0. The van der Waals surface area contributed by atoms with Crippen LogP contribution in [-0.2, 0) is 13.5 Å². The van der Waals surface area contributed by atoms with Gasteiger partial charge in [-0.1, -0.05) is 37.3 Å². The number of guanidine groups is 1. The molecule has 0 aliphatic heterocycles. The van der Waals surface area contributed by atoms with Crippen LogP contribution in [0.2, 0.25) is 0 Å². The molecule has 2 atom stereocenters. The minimum atomic E-state index is 0. The molecule has 1 aromatic heterocycles. The monoisotopic (exact) mass is 483 g/mol.